The van der Waals surface area contributed by atoms with Gasteiger partial charge in [0.1, 0.15) is 0 Å². The fourth-order valence-electron chi connectivity index (χ4n) is 5.47. The van der Waals surface area contributed by atoms with E-state index < -0.39 is 0 Å². The Hall–Kier alpha value is -0.610. The zero-order valence-corrected chi connectivity index (χ0v) is 16.9. The smallest absolute Gasteiger partial charge is 0.0279 e. The average molecular weight is 314 g/mol. The van der Waals surface area contributed by atoms with Gasteiger partial charge in [-0.15, -0.1) is 0 Å². The van der Waals surface area contributed by atoms with E-state index in [1.807, 2.05) is 0 Å². The average Bonchev–Trinajstić information content (AvgIpc) is 2.86. The molecule has 1 saturated heterocycles. The lowest BCUT2D eigenvalue weighted by molar-refractivity contribution is 0.284. The van der Waals surface area contributed by atoms with Gasteiger partial charge in [0.25, 0.3) is 0 Å². The molecule has 0 radical (unpaired) electrons. The maximum absolute atomic E-state index is 2.54. The molecule has 0 bridgehead atoms. The second-order valence-corrected chi connectivity index (χ2v) is 10.8. The molecule has 0 aromatic carbocycles. The van der Waals surface area contributed by atoms with Crippen molar-refractivity contribution >= 4 is 7.92 Å². The molecule has 0 spiro atoms. The molecule has 2 atom stereocenters. The lowest BCUT2D eigenvalue weighted by Crippen LogP contribution is -2.34. The Labute approximate surface area is 138 Å². The van der Waals surface area contributed by atoms with Gasteiger partial charge < -0.3 is 0 Å². The van der Waals surface area contributed by atoms with E-state index in [0.717, 1.165) is 5.66 Å². The lowest BCUT2D eigenvalue weighted by atomic mass is 9.60. The minimum Gasteiger partial charge on any atom is -0.0585 e. The normalized spacial score (nSPS) is 35.6. The summed E-state index contributed by atoms with van der Waals surface area (Å²) in [6, 6.07) is 0. The van der Waals surface area contributed by atoms with E-state index in [2.05, 4.69) is 69.2 Å². The summed E-state index contributed by atoms with van der Waals surface area (Å²) in [6.07, 6.45) is 0. The van der Waals surface area contributed by atoms with Crippen molar-refractivity contribution in [2.24, 2.45) is 10.8 Å². The molecule has 0 aromatic heterocycles. The fraction of sp³-hybridized carbons (Fsp3) is 0.619. The Morgan fingerprint density at radius 1 is 0.636 bits per heavy atom. The highest BCUT2D eigenvalue weighted by molar-refractivity contribution is 7.67. The molecule has 0 N–H and O–H groups in total. The first-order valence-electron chi connectivity index (χ1n) is 8.61. The Kier molecular flexibility index (Phi) is 3.31. The van der Waals surface area contributed by atoms with Crippen molar-refractivity contribution in [3.63, 3.8) is 0 Å². The lowest BCUT2D eigenvalue weighted by Gasteiger charge is -2.41. The largest absolute Gasteiger partial charge is 0.0585 e. The van der Waals surface area contributed by atoms with E-state index in [4.69, 9.17) is 0 Å². The van der Waals surface area contributed by atoms with Gasteiger partial charge in [0.05, 0.1) is 0 Å². The van der Waals surface area contributed by atoms with Crippen LogP contribution in [0.3, 0.4) is 0 Å². The number of fused-ring (bicyclic) bond motifs is 3. The van der Waals surface area contributed by atoms with Crippen LogP contribution in [0.4, 0.5) is 0 Å². The Morgan fingerprint density at radius 3 is 1.23 bits per heavy atom. The van der Waals surface area contributed by atoms with Crippen LogP contribution >= 0.6 is 7.92 Å². The van der Waals surface area contributed by atoms with E-state index in [1.165, 1.54) is 0 Å². The highest BCUT2D eigenvalue weighted by atomic mass is 31.1. The van der Waals surface area contributed by atoms with Gasteiger partial charge in [0, 0.05) is 10.8 Å². The summed E-state index contributed by atoms with van der Waals surface area (Å²) in [5.41, 5.74) is 10.7. The second-order valence-electron chi connectivity index (χ2n) is 8.16. The Balaban J connectivity index is 2.45. The third kappa shape index (κ3) is 1.40. The van der Waals surface area contributed by atoms with Crippen LogP contribution in [0.1, 0.15) is 69.2 Å². The molecule has 1 heteroatoms. The van der Waals surface area contributed by atoms with Gasteiger partial charge in [0.15, 0.2) is 0 Å². The summed E-state index contributed by atoms with van der Waals surface area (Å²) in [6.45, 7) is 24.2. The maximum atomic E-state index is 2.54. The van der Waals surface area contributed by atoms with Gasteiger partial charge in [-0.05, 0) is 88.0 Å². The zero-order chi connectivity index (χ0) is 16.8. The summed E-state index contributed by atoms with van der Waals surface area (Å²) in [5, 5.41) is 3.58. The van der Waals surface area contributed by atoms with Gasteiger partial charge in [-0.2, -0.15) is 0 Å². The van der Waals surface area contributed by atoms with E-state index in [9.17, 15) is 0 Å². The third-order valence-corrected chi connectivity index (χ3v) is 11.0. The molecule has 3 aliphatic rings. The van der Waals surface area contributed by atoms with E-state index in [1.54, 1.807) is 44.1 Å². The van der Waals surface area contributed by atoms with Gasteiger partial charge in [-0.25, -0.2) is 0 Å². The van der Waals surface area contributed by atoms with Crippen molar-refractivity contribution in [3.05, 3.63) is 44.1 Å². The van der Waals surface area contributed by atoms with Crippen LogP contribution in [0.25, 0.3) is 0 Å². The first-order chi connectivity index (χ1) is 10.0. The van der Waals surface area contributed by atoms with Crippen molar-refractivity contribution in [1.29, 1.82) is 0 Å². The molecule has 0 saturated carbocycles. The van der Waals surface area contributed by atoms with Crippen LogP contribution in [-0.4, -0.2) is 5.66 Å². The van der Waals surface area contributed by atoms with Crippen LogP contribution in [0.5, 0.6) is 0 Å². The first-order valence-corrected chi connectivity index (χ1v) is 10.0. The SMILES string of the molecule is CC1=C(C)[C@]2(C)C(=C1C)P(C(C)C)C1=C(C)C(C)=C(C)[C@]12C. The molecule has 0 nitrogen and oxygen atoms in total. The number of rotatable bonds is 1. The quantitative estimate of drug-likeness (QED) is 0.451. The number of hydrogen-bond acceptors (Lipinski definition) is 0. The van der Waals surface area contributed by atoms with Crippen LogP contribution in [0.15, 0.2) is 44.1 Å². The van der Waals surface area contributed by atoms with Crippen molar-refractivity contribution in [2.75, 3.05) is 0 Å². The minimum absolute atomic E-state index is 0.191. The molecule has 0 aromatic rings. The molecule has 0 amide bonds. The molecule has 1 aliphatic heterocycles. The summed E-state index contributed by atoms with van der Waals surface area (Å²) < 4.78 is 0. The van der Waals surface area contributed by atoms with Crippen LogP contribution < -0.4 is 0 Å². The summed E-state index contributed by atoms with van der Waals surface area (Å²) in [7, 11) is -0.191. The minimum atomic E-state index is -0.191. The summed E-state index contributed by atoms with van der Waals surface area (Å²) in [4.78, 5) is 0. The molecule has 3 rings (SSSR count). The predicted molar refractivity (Wildman–Crippen MR) is 100 cm³/mol. The monoisotopic (exact) mass is 314 g/mol. The van der Waals surface area contributed by atoms with Crippen LogP contribution in [0, 0.1) is 10.8 Å². The molecular formula is C21H31P. The Bertz CT molecular complexity index is 652. The van der Waals surface area contributed by atoms with Crippen LogP contribution in [-0.2, 0) is 0 Å². The van der Waals surface area contributed by atoms with E-state index in [0.29, 0.717) is 0 Å². The van der Waals surface area contributed by atoms with Gasteiger partial charge in [0.2, 0.25) is 0 Å². The molecule has 2 aliphatic carbocycles. The molecule has 120 valence electrons. The number of allylic oxidation sites excluding steroid dienone is 8. The standard InChI is InChI=1S/C21H31P/c1-11(2)22-18-14(5)12(3)16(7)20(18,9)21(10)17(8)13(4)15(6)19(21)22/h11H,1-10H3/t20-,21-/m1/s1. The van der Waals surface area contributed by atoms with Crippen molar-refractivity contribution in [3.8, 4) is 0 Å². The summed E-state index contributed by atoms with van der Waals surface area (Å²) in [5.74, 6) is 0. The van der Waals surface area contributed by atoms with Gasteiger partial charge >= 0.3 is 0 Å². The Morgan fingerprint density at radius 2 is 0.955 bits per heavy atom. The van der Waals surface area contributed by atoms with E-state index >= 15 is 0 Å². The maximum Gasteiger partial charge on any atom is 0.0279 e. The zero-order valence-electron chi connectivity index (χ0n) is 16.0. The number of hydrogen-bond donors (Lipinski definition) is 0. The van der Waals surface area contributed by atoms with Crippen molar-refractivity contribution < 1.29 is 0 Å². The second kappa shape index (κ2) is 4.47. The van der Waals surface area contributed by atoms with Gasteiger partial charge in [-0.3, -0.25) is 0 Å². The van der Waals surface area contributed by atoms with E-state index in [-0.39, 0.29) is 18.8 Å². The van der Waals surface area contributed by atoms with Crippen LogP contribution in [0.2, 0.25) is 0 Å². The predicted octanol–water partition coefficient (Wildman–Crippen LogP) is 7.15. The molecule has 1 heterocycles. The molecular weight excluding hydrogens is 283 g/mol. The van der Waals surface area contributed by atoms with Crippen molar-refractivity contribution in [1.82, 2.24) is 0 Å². The highest BCUT2D eigenvalue weighted by Gasteiger charge is 2.65. The third-order valence-electron chi connectivity index (χ3n) is 7.41. The molecule has 1 fully saturated rings. The molecule has 22 heavy (non-hydrogen) atoms. The van der Waals surface area contributed by atoms with Crippen molar-refractivity contribution in [2.45, 2.75) is 74.9 Å². The molecule has 0 unspecified atom stereocenters. The van der Waals surface area contributed by atoms with Gasteiger partial charge in [-0.1, -0.05) is 38.8 Å². The fourth-order valence-corrected chi connectivity index (χ4v) is 9.53. The highest BCUT2D eigenvalue weighted by Crippen LogP contribution is 2.86. The first kappa shape index (κ1) is 16.3. The summed E-state index contributed by atoms with van der Waals surface area (Å²) >= 11 is 0. The topological polar surface area (TPSA) is 0 Å².